The van der Waals surface area contributed by atoms with Crippen LogP contribution in [0.1, 0.15) is 31.1 Å². The average Bonchev–Trinajstić information content (AvgIpc) is 2.52. The van der Waals surface area contributed by atoms with Gasteiger partial charge in [0, 0.05) is 48.3 Å². The Bertz CT molecular complexity index is 673. The molecule has 0 radical (unpaired) electrons. The molecule has 1 aromatic carbocycles. The highest BCUT2D eigenvalue weighted by Gasteiger charge is 2.27. The summed E-state index contributed by atoms with van der Waals surface area (Å²) in [6.45, 7) is 8.84. The van der Waals surface area contributed by atoms with Gasteiger partial charge in [-0.1, -0.05) is 11.6 Å². The first kappa shape index (κ1) is 21.6. The first-order chi connectivity index (χ1) is 12.5. The van der Waals surface area contributed by atoms with Crippen molar-refractivity contribution in [1.82, 2.24) is 20.4 Å². The van der Waals surface area contributed by atoms with Gasteiger partial charge in [0.2, 0.25) is 5.91 Å². The fraction of sp³-hybridized carbons (Fsp3) is 0.579. The molecule has 0 spiro atoms. The number of amides is 2. The topological polar surface area (TPSA) is 64.7 Å². The maximum absolute atomic E-state index is 13.4. The van der Waals surface area contributed by atoms with Gasteiger partial charge in [0.05, 0.1) is 6.54 Å². The van der Waals surface area contributed by atoms with Gasteiger partial charge in [-0.05, 0) is 46.0 Å². The van der Waals surface area contributed by atoms with Crippen LogP contribution in [0, 0.1) is 5.82 Å². The summed E-state index contributed by atoms with van der Waals surface area (Å²) in [5, 5.41) is 5.98. The molecule has 2 N–H and O–H groups in total. The van der Waals surface area contributed by atoms with Gasteiger partial charge < -0.3 is 10.6 Å². The normalized spacial score (nSPS) is 19.0. The first-order valence-corrected chi connectivity index (χ1v) is 9.39. The number of carbonyl (C=O) groups excluding carboxylic acids is 2. The van der Waals surface area contributed by atoms with Gasteiger partial charge >= 0.3 is 0 Å². The summed E-state index contributed by atoms with van der Waals surface area (Å²) in [4.78, 5) is 28.7. The quantitative estimate of drug-likeness (QED) is 0.793. The van der Waals surface area contributed by atoms with E-state index >= 15 is 0 Å². The smallest absolute Gasteiger partial charge is 0.251 e. The second-order valence-corrected chi connectivity index (χ2v) is 8.47. The highest BCUT2D eigenvalue weighted by molar-refractivity contribution is 6.31. The predicted octanol–water partition coefficient (Wildman–Crippen LogP) is 1.74. The fourth-order valence-corrected chi connectivity index (χ4v) is 3.25. The Balaban J connectivity index is 1.89. The van der Waals surface area contributed by atoms with Crippen molar-refractivity contribution in [2.24, 2.45) is 0 Å². The van der Waals surface area contributed by atoms with Crippen LogP contribution in [0.15, 0.2) is 18.2 Å². The molecule has 1 fully saturated rings. The molecule has 1 aliphatic rings. The molecule has 27 heavy (non-hydrogen) atoms. The summed E-state index contributed by atoms with van der Waals surface area (Å²) in [6, 6.07) is 3.82. The summed E-state index contributed by atoms with van der Waals surface area (Å²) < 4.78 is 13.4. The van der Waals surface area contributed by atoms with Gasteiger partial charge in [-0.2, -0.15) is 0 Å². The SMILES string of the molecule is CN1CCN(CC(=O)NC(C)(C)C)CC1CNC(=O)c1cc(F)cc(Cl)c1. The minimum atomic E-state index is -0.543. The van der Waals surface area contributed by atoms with Crippen LogP contribution in [0.5, 0.6) is 0 Å². The van der Waals surface area contributed by atoms with Crippen LogP contribution in [-0.2, 0) is 4.79 Å². The molecule has 2 rings (SSSR count). The van der Waals surface area contributed by atoms with Crippen molar-refractivity contribution in [2.75, 3.05) is 39.8 Å². The van der Waals surface area contributed by atoms with E-state index in [1.165, 1.54) is 6.07 Å². The van der Waals surface area contributed by atoms with Gasteiger partial charge in [0.1, 0.15) is 5.82 Å². The third kappa shape index (κ3) is 7.08. The molecule has 0 bridgehead atoms. The van der Waals surface area contributed by atoms with E-state index in [2.05, 4.69) is 20.4 Å². The average molecular weight is 399 g/mol. The monoisotopic (exact) mass is 398 g/mol. The molecule has 1 aliphatic heterocycles. The highest BCUT2D eigenvalue weighted by Crippen LogP contribution is 2.14. The molecule has 6 nitrogen and oxygen atoms in total. The lowest BCUT2D eigenvalue weighted by molar-refractivity contribution is -0.124. The molecular weight excluding hydrogens is 371 g/mol. The minimum absolute atomic E-state index is 0.00996. The lowest BCUT2D eigenvalue weighted by Gasteiger charge is -2.39. The van der Waals surface area contributed by atoms with E-state index in [9.17, 15) is 14.0 Å². The zero-order chi connectivity index (χ0) is 20.2. The molecule has 1 atom stereocenters. The van der Waals surface area contributed by atoms with E-state index in [0.717, 1.165) is 25.2 Å². The van der Waals surface area contributed by atoms with E-state index in [0.29, 0.717) is 19.6 Å². The Morgan fingerprint density at radius 3 is 2.59 bits per heavy atom. The van der Waals surface area contributed by atoms with Gasteiger partial charge in [-0.15, -0.1) is 0 Å². The standard InChI is InChI=1S/C19H28ClFN4O2/c1-19(2,3)23-17(26)12-25-6-5-24(4)16(11-25)10-22-18(27)13-7-14(20)9-15(21)8-13/h7-9,16H,5-6,10-12H2,1-4H3,(H,22,27)(H,23,26). The molecule has 1 unspecified atom stereocenters. The van der Waals surface area contributed by atoms with Crippen molar-refractivity contribution >= 4 is 23.4 Å². The van der Waals surface area contributed by atoms with Crippen LogP contribution >= 0.6 is 11.6 Å². The zero-order valence-corrected chi connectivity index (χ0v) is 17.1. The fourth-order valence-electron chi connectivity index (χ4n) is 3.03. The summed E-state index contributed by atoms with van der Waals surface area (Å²) in [6.07, 6.45) is 0. The lowest BCUT2D eigenvalue weighted by Crippen LogP contribution is -2.57. The number of halogens is 2. The van der Waals surface area contributed by atoms with Crippen LogP contribution in [0.2, 0.25) is 5.02 Å². The number of nitrogens with zero attached hydrogens (tertiary/aromatic N) is 2. The maximum atomic E-state index is 13.4. The van der Waals surface area contributed by atoms with Crippen LogP contribution in [0.4, 0.5) is 4.39 Å². The third-order valence-electron chi connectivity index (χ3n) is 4.37. The first-order valence-electron chi connectivity index (χ1n) is 9.01. The van der Waals surface area contributed by atoms with E-state index in [4.69, 9.17) is 11.6 Å². The van der Waals surface area contributed by atoms with Gasteiger partial charge in [0.15, 0.2) is 0 Å². The Morgan fingerprint density at radius 1 is 1.26 bits per heavy atom. The summed E-state index contributed by atoms with van der Waals surface area (Å²) in [5.74, 6) is -0.921. The van der Waals surface area contributed by atoms with Crippen LogP contribution in [0.3, 0.4) is 0 Å². The van der Waals surface area contributed by atoms with Crippen molar-refractivity contribution in [1.29, 1.82) is 0 Å². The number of benzene rings is 1. The van der Waals surface area contributed by atoms with Crippen molar-refractivity contribution in [3.05, 3.63) is 34.6 Å². The molecule has 0 aliphatic carbocycles. The number of rotatable bonds is 5. The van der Waals surface area contributed by atoms with E-state index < -0.39 is 5.82 Å². The molecule has 1 aromatic rings. The highest BCUT2D eigenvalue weighted by atomic mass is 35.5. The largest absolute Gasteiger partial charge is 0.350 e. The van der Waals surface area contributed by atoms with Crippen LogP contribution in [0.25, 0.3) is 0 Å². The van der Waals surface area contributed by atoms with Crippen LogP contribution in [-0.4, -0.2) is 73.0 Å². The molecule has 150 valence electrons. The molecule has 0 saturated carbocycles. The Kier molecular flexibility index (Phi) is 7.19. The number of carbonyl (C=O) groups is 2. The van der Waals surface area contributed by atoms with Gasteiger partial charge in [-0.3, -0.25) is 19.4 Å². The number of nitrogens with one attached hydrogen (secondary N) is 2. The van der Waals surface area contributed by atoms with E-state index in [-0.39, 0.29) is 34.0 Å². The van der Waals surface area contributed by atoms with Gasteiger partial charge in [0.25, 0.3) is 5.91 Å². The summed E-state index contributed by atoms with van der Waals surface area (Å²) >= 11 is 5.81. The molecule has 2 amide bonds. The zero-order valence-electron chi connectivity index (χ0n) is 16.3. The van der Waals surface area contributed by atoms with E-state index in [1.54, 1.807) is 0 Å². The van der Waals surface area contributed by atoms with Crippen molar-refractivity contribution in [2.45, 2.75) is 32.4 Å². The minimum Gasteiger partial charge on any atom is -0.350 e. The summed E-state index contributed by atoms with van der Waals surface area (Å²) in [7, 11) is 1.99. The van der Waals surface area contributed by atoms with Crippen molar-refractivity contribution in [3.8, 4) is 0 Å². The third-order valence-corrected chi connectivity index (χ3v) is 4.58. The number of likely N-dealkylation sites (N-methyl/N-ethyl adjacent to an activating group) is 1. The lowest BCUT2D eigenvalue weighted by atomic mass is 10.1. The number of hydrogen-bond acceptors (Lipinski definition) is 4. The molecular formula is C19H28ClFN4O2. The Labute approximate surface area is 165 Å². The summed E-state index contributed by atoms with van der Waals surface area (Å²) in [5.41, 5.74) is -0.0663. The van der Waals surface area contributed by atoms with Crippen molar-refractivity contribution in [3.63, 3.8) is 0 Å². The molecule has 8 heteroatoms. The number of piperazine rings is 1. The predicted molar refractivity (Wildman–Crippen MR) is 104 cm³/mol. The Morgan fingerprint density at radius 2 is 1.96 bits per heavy atom. The van der Waals surface area contributed by atoms with Crippen molar-refractivity contribution < 1.29 is 14.0 Å². The Hall–Kier alpha value is -1.70. The second-order valence-electron chi connectivity index (χ2n) is 8.04. The number of hydrogen-bond donors (Lipinski definition) is 2. The van der Waals surface area contributed by atoms with Gasteiger partial charge in [-0.25, -0.2) is 4.39 Å². The van der Waals surface area contributed by atoms with E-state index in [1.807, 2.05) is 27.8 Å². The maximum Gasteiger partial charge on any atom is 0.251 e. The second kappa shape index (κ2) is 8.99. The molecule has 1 saturated heterocycles. The van der Waals surface area contributed by atoms with Crippen LogP contribution < -0.4 is 10.6 Å². The molecule has 1 heterocycles. The molecule has 0 aromatic heterocycles.